The van der Waals surface area contributed by atoms with Crippen LogP contribution in [0.4, 0.5) is 0 Å². The minimum Gasteiger partial charge on any atom is -0.354 e. The molecule has 0 spiro atoms. The van der Waals surface area contributed by atoms with Gasteiger partial charge in [-0.1, -0.05) is 12.8 Å². The molecule has 3 heteroatoms. The number of hydrogen-bond donors (Lipinski definition) is 2. The van der Waals surface area contributed by atoms with Gasteiger partial charge in [0.1, 0.15) is 0 Å². The molecule has 2 aliphatic carbocycles. The SMILES string of the molecule is O=C(NCC1CCC1)C1NCC2CCCC21. The molecule has 0 aromatic carbocycles. The Hall–Kier alpha value is -0.570. The number of carbonyl (C=O) groups excluding carboxylic acids is 1. The highest BCUT2D eigenvalue weighted by Gasteiger charge is 2.42. The third-order valence-electron chi connectivity index (χ3n) is 4.82. The van der Waals surface area contributed by atoms with E-state index in [4.69, 9.17) is 0 Å². The Bertz CT molecular complexity index is 275. The third-order valence-corrected chi connectivity index (χ3v) is 4.82. The van der Waals surface area contributed by atoms with E-state index in [1.165, 1.54) is 38.5 Å². The van der Waals surface area contributed by atoms with Crippen LogP contribution in [0.1, 0.15) is 38.5 Å². The number of hydrogen-bond acceptors (Lipinski definition) is 2. The first-order valence-electron chi connectivity index (χ1n) is 6.85. The molecule has 0 aromatic heterocycles. The van der Waals surface area contributed by atoms with Gasteiger partial charge in [0.15, 0.2) is 0 Å². The average Bonchev–Trinajstić information content (AvgIpc) is 2.74. The highest BCUT2D eigenvalue weighted by molar-refractivity contribution is 5.82. The van der Waals surface area contributed by atoms with E-state index in [1.54, 1.807) is 0 Å². The van der Waals surface area contributed by atoms with Crippen LogP contribution in [0.2, 0.25) is 0 Å². The molecule has 3 unspecified atom stereocenters. The molecule has 3 fully saturated rings. The predicted octanol–water partition coefficient (Wildman–Crippen LogP) is 1.29. The summed E-state index contributed by atoms with van der Waals surface area (Å²) in [6.45, 7) is 1.97. The lowest BCUT2D eigenvalue weighted by Gasteiger charge is -2.26. The van der Waals surface area contributed by atoms with Crippen LogP contribution < -0.4 is 10.6 Å². The second-order valence-electron chi connectivity index (χ2n) is 5.78. The van der Waals surface area contributed by atoms with Gasteiger partial charge in [0, 0.05) is 6.54 Å². The zero-order chi connectivity index (χ0) is 11.0. The first-order chi connectivity index (χ1) is 7.84. The molecule has 1 saturated heterocycles. The van der Waals surface area contributed by atoms with Crippen molar-refractivity contribution in [3.63, 3.8) is 0 Å². The molecule has 0 bridgehead atoms. The summed E-state index contributed by atoms with van der Waals surface area (Å²) in [5.74, 6) is 2.44. The van der Waals surface area contributed by atoms with Gasteiger partial charge < -0.3 is 10.6 Å². The summed E-state index contributed by atoms with van der Waals surface area (Å²) in [7, 11) is 0. The number of carbonyl (C=O) groups is 1. The van der Waals surface area contributed by atoms with Gasteiger partial charge in [0.05, 0.1) is 6.04 Å². The summed E-state index contributed by atoms with van der Waals surface area (Å²) in [4.78, 5) is 12.1. The van der Waals surface area contributed by atoms with E-state index in [-0.39, 0.29) is 11.9 Å². The van der Waals surface area contributed by atoms with E-state index in [9.17, 15) is 4.79 Å². The van der Waals surface area contributed by atoms with Crippen LogP contribution in [0.5, 0.6) is 0 Å². The number of nitrogens with one attached hydrogen (secondary N) is 2. The molecule has 0 aromatic rings. The molecule has 90 valence electrons. The summed E-state index contributed by atoms with van der Waals surface area (Å²) in [6, 6.07) is 0.118. The first kappa shape index (κ1) is 10.6. The summed E-state index contributed by atoms with van der Waals surface area (Å²) in [6.07, 6.45) is 7.87. The molecule has 3 nitrogen and oxygen atoms in total. The zero-order valence-corrected chi connectivity index (χ0v) is 9.87. The van der Waals surface area contributed by atoms with Crippen LogP contribution >= 0.6 is 0 Å². The van der Waals surface area contributed by atoms with E-state index in [1.807, 2.05) is 0 Å². The fraction of sp³-hybridized carbons (Fsp3) is 0.923. The summed E-state index contributed by atoms with van der Waals surface area (Å²) in [5, 5.41) is 6.54. The highest BCUT2D eigenvalue weighted by Crippen LogP contribution is 2.37. The molecule has 0 radical (unpaired) electrons. The zero-order valence-electron chi connectivity index (χ0n) is 9.87. The Kier molecular flexibility index (Phi) is 2.88. The van der Waals surface area contributed by atoms with Gasteiger partial charge in [-0.3, -0.25) is 4.79 Å². The maximum absolute atomic E-state index is 12.1. The molecule has 2 saturated carbocycles. The molecule has 1 aliphatic heterocycles. The van der Waals surface area contributed by atoms with Gasteiger partial charge in [-0.25, -0.2) is 0 Å². The van der Waals surface area contributed by atoms with Crippen molar-refractivity contribution in [1.82, 2.24) is 10.6 Å². The lowest BCUT2D eigenvalue weighted by atomic mass is 9.85. The Labute approximate surface area is 97.4 Å². The van der Waals surface area contributed by atoms with Crippen molar-refractivity contribution in [2.75, 3.05) is 13.1 Å². The number of rotatable bonds is 3. The third kappa shape index (κ3) is 1.86. The Morgan fingerprint density at radius 3 is 2.75 bits per heavy atom. The van der Waals surface area contributed by atoms with Crippen LogP contribution in [-0.2, 0) is 4.79 Å². The fourth-order valence-corrected chi connectivity index (χ4v) is 3.53. The van der Waals surface area contributed by atoms with Crippen molar-refractivity contribution in [3.05, 3.63) is 0 Å². The second kappa shape index (κ2) is 4.36. The van der Waals surface area contributed by atoms with Gasteiger partial charge in [-0.15, -0.1) is 0 Å². The molecule has 2 N–H and O–H groups in total. The van der Waals surface area contributed by atoms with Crippen LogP contribution in [-0.4, -0.2) is 25.0 Å². The number of amides is 1. The molecule has 3 rings (SSSR count). The monoisotopic (exact) mass is 222 g/mol. The normalized spacial score (nSPS) is 38.1. The minimum absolute atomic E-state index is 0.118. The van der Waals surface area contributed by atoms with Gasteiger partial charge in [-0.05, 0) is 50.0 Å². The average molecular weight is 222 g/mol. The lowest BCUT2D eigenvalue weighted by molar-refractivity contribution is -0.124. The van der Waals surface area contributed by atoms with Crippen molar-refractivity contribution in [1.29, 1.82) is 0 Å². The van der Waals surface area contributed by atoms with Crippen molar-refractivity contribution in [2.24, 2.45) is 17.8 Å². The summed E-state index contributed by atoms with van der Waals surface area (Å²) < 4.78 is 0. The maximum atomic E-state index is 12.1. The minimum atomic E-state index is 0.118. The smallest absolute Gasteiger partial charge is 0.237 e. The van der Waals surface area contributed by atoms with E-state index >= 15 is 0 Å². The highest BCUT2D eigenvalue weighted by atomic mass is 16.2. The van der Waals surface area contributed by atoms with E-state index in [0.29, 0.717) is 5.92 Å². The topological polar surface area (TPSA) is 41.1 Å². The largest absolute Gasteiger partial charge is 0.354 e. The molecule has 3 atom stereocenters. The Morgan fingerprint density at radius 1 is 1.19 bits per heavy atom. The fourth-order valence-electron chi connectivity index (χ4n) is 3.53. The van der Waals surface area contributed by atoms with Gasteiger partial charge >= 0.3 is 0 Å². The van der Waals surface area contributed by atoms with E-state index in [2.05, 4.69) is 10.6 Å². The van der Waals surface area contributed by atoms with E-state index in [0.717, 1.165) is 24.9 Å². The molecule has 16 heavy (non-hydrogen) atoms. The van der Waals surface area contributed by atoms with Crippen LogP contribution in [0.15, 0.2) is 0 Å². The summed E-state index contributed by atoms with van der Waals surface area (Å²) in [5.41, 5.74) is 0. The molecule has 3 aliphatic rings. The van der Waals surface area contributed by atoms with Gasteiger partial charge in [0.2, 0.25) is 5.91 Å². The maximum Gasteiger partial charge on any atom is 0.237 e. The molecule has 1 heterocycles. The Balaban J connectivity index is 1.50. The predicted molar refractivity (Wildman–Crippen MR) is 63.0 cm³/mol. The molecular formula is C13H22N2O. The van der Waals surface area contributed by atoms with Crippen molar-refractivity contribution >= 4 is 5.91 Å². The first-order valence-corrected chi connectivity index (χ1v) is 6.85. The van der Waals surface area contributed by atoms with E-state index < -0.39 is 0 Å². The van der Waals surface area contributed by atoms with Crippen molar-refractivity contribution in [2.45, 2.75) is 44.6 Å². The van der Waals surface area contributed by atoms with Gasteiger partial charge in [-0.2, -0.15) is 0 Å². The molecule has 1 amide bonds. The second-order valence-corrected chi connectivity index (χ2v) is 5.78. The van der Waals surface area contributed by atoms with Crippen molar-refractivity contribution < 1.29 is 4.79 Å². The van der Waals surface area contributed by atoms with Crippen LogP contribution in [0, 0.1) is 17.8 Å². The Morgan fingerprint density at radius 2 is 2.00 bits per heavy atom. The molecular weight excluding hydrogens is 200 g/mol. The quantitative estimate of drug-likeness (QED) is 0.755. The van der Waals surface area contributed by atoms with Crippen LogP contribution in [0.3, 0.4) is 0 Å². The van der Waals surface area contributed by atoms with Crippen LogP contribution in [0.25, 0.3) is 0 Å². The van der Waals surface area contributed by atoms with Gasteiger partial charge in [0.25, 0.3) is 0 Å². The lowest BCUT2D eigenvalue weighted by Crippen LogP contribution is -2.45. The summed E-state index contributed by atoms with van der Waals surface area (Å²) >= 11 is 0. The standard InChI is InChI=1S/C13H22N2O/c16-13(15-7-9-3-1-4-9)12-11-6-2-5-10(11)8-14-12/h9-12,14H,1-8H2,(H,15,16). The van der Waals surface area contributed by atoms with Crippen molar-refractivity contribution in [3.8, 4) is 0 Å². The number of fused-ring (bicyclic) bond motifs is 1.